The SMILES string of the molecule is CC(C)CN1C(=O)C(C(=O)NC2CC2)C(O)n2ncc(/C=C/C(=O)NC(C)C)c21. The first-order valence-electron chi connectivity index (χ1n) is 10.0. The van der Waals surface area contributed by atoms with Gasteiger partial charge in [0.1, 0.15) is 5.82 Å². The molecule has 2 unspecified atom stereocenters. The second-order valence-corrected chi connectivity index (χ2v) is 8.38. The van der Waals surface area contributed by atoms with E-state index < -0.39 is 24.0 Å². The lowest BCUT2D eigenvalue weighted by molar-refractivity contribution is -0.144. The lowest BCUT2D eigenvalue weighted by Crippen LogP contribution is -2.53. The number of aliphatic hydroxyl groups excluding tert-OH is 1. The average molecular weight is 403 g/mol. The molecule has 2 aliphatic rings. The summed E-state index contributed by atoms with van der Waals surface area (Å²) in [6.07, 6.45) is 4.80. The molecule has 1 aromatic heterocycles. The third kappa shape index (κ3) is 4.67. The van der Waals surface area contributed by atoms with Gasteiger partial charge in [-0.1, -0.05) is 13.8 Å². The number of fused-ring (bicyclic) bond motifs is 1. The monoisotopic (exact) mass is 403 g/mol. The third-order valence-electron chi connectivity index (χ3n) is 4.73. The van der Waals surface area contributed by atoms with Crippen molar-refractivity contribution in [3.05, 3.63) is 17.8 Å². The molecule has 9 nitrogen and oxygen atoms in total. The van der Waals surface area contributed by atoms with Gasteiger partial charge in [-0.05, 0) is 38.7 Å². The van der Waals surface area contributed by atoms with Crippen molar-refractivity contribution < 1.29 is 19.5 Å². The molecule has 1 aliphatic heterocycles. The van der Waals surface area contributed by atoms with Crippen molar-refractivity contribution in [2.75, 3.05) is 11.4 Å². The Morgan fingerprint density at radius 2 is 2.00 bits per heavy atom. The van der Waals surface area contributed by atoms with Crippen LogP contribution >= 0.6 is 0 Å². The molecular formula is C20H29N5O4. The number of nitrogens with one attached hydrogen (secondary N) is 2. The highest BCUT2D eigenvalue weighted by molar-refractivity contribution is 6.09. The minimum atomic E-state index is -1.40. The number of anilines is 1. The van der Waals surface area contributed by atoms with E-state index in [2.05, 4.69) is 15.7 Å². The standard InChI is InChI=1S/C20H29N5O4/c1-11(2)10-24-18-13(5-8-15(26)22-12(3)4)9-21-25(18)20(29)16(19(24)28)17(27)23-14-6-7-14/h5,8-9,11-12,14,16,20,29H,6-7,10H2,1-4H3,(H,22,26)(H,23,27)/b8-5+. The summed E-state index contributed by atoms with van der Waals surface area (Å²) in [5.74, 6) is -1.93. The van der Waals surface area contributed by atoms with Gasteiger partial charge < -0.3 is 15.7 Å². The van der Waals surface area contributed by atoms with Crippen LogP contribution in [0.15, 0.2) is 12.3 Å². The zero-order valence-corrected chi connectivity index (χ0v) is 17.3. The molecule has 0 aromatic carbocycles. The zero-order valence-electron chi connectivity index (χ0n) is 17.3. The van der Waals surface area contributed by atoms with E-state index in [1.54, 1.807) is 6.08 Å². The van der Waals surface area contributed by atoms with E-state index in [0.29, 0.717) is 17.9 Å². The van der Waals surface area contributed by atoms with Crippen LogP contribution in [0.5, 0.6) is 0 Å². The van der Waals surface area contributed by atoms with Crippen LogP contribution in [-0.2, 0) is 14.4 Å². The summed E-state index contributed by atoms with van der Waals surface area (Å²) in [6.45, 7) is 8.01. The van der Waals surface area contributed by atoms with Crippen LogP contribution < -0.4 is 15.5 Å². The molecule has 29 heavy (non-hydrogen) atoms. The predicted molar refractivity (Wildman–Crippen MR) is 108 cm³/mol. The lowest BCUT2D eigenvalue weighted by atomic mass is 10.0. The number of carbonyl (C=O) groups is 3. The number of aliphatic hydroxyl groups is 1. The molecule has 3 rings (SSSR count). The van der Waals surface area contributed by atoms with E-state index >= 15 is 0 Å². The molecule has 0 radical (unpaired) electrons. The number of hydrogen-bond acceptors (Lipinski definition) is 5. The fourth-order valence-corrected chi connectivity index (χ4v) is 3.31. The van der Waals surface area contributed by atoms with Gasteiger partial charge in [0.2, 0.25) is 17.7 Å². The lowest BCUT2D eigenvalue weighted by Gasteiger charge is -2.36. The number of amides is 3. The van der Waals surface area contributed by atoms with Gasteiger partial charge in [-0.2, -0.15) is 5.10 Å². The van der Waals surface area contributed by atoms with Crippen LogP contribution in [0.4, 0.5) is 5.82 Å². The summed E-state index contributed by atoms with van der Waals surface area (Å²) in [7, 11) is 0. The molecule has 1 aliphatic carbocycles. The second kappa shape index (κ2) is 8.36. The topological polar surface area (TPSA) is 117 Å². The Bertz CT molecular complexity index is 825. The predicted octanol–water partition coefficient (Wildman–Crippen LogP) is 0.809. The van der Waals surface area contributed by atoms with Gasteiger partial charge in [0.25, 0.3) is 0 Å². The number of rotatable bonds is 7. The van der Waals surface area contributed by atoms with E-state index in [9.17, 15) is 19.5 Å². The minimum Gasteiger partial charge on any atom is -0.370 e. The molecule has 158 valence electrons. The molecule has 1 aromatic rings. The van der Waals surface area contributed by atoms with E-state index in [1.807, 2.05) is 27.7 Å². The second-order valence-electron chi connectivity index (χ2n) is 8.38. The van der Waals surface area contributed by atoms with Crippen LogP contribution in [0, 0.1) is 11.8 Å². The zero-order chi connectivity index (χ0) is 21.3. The Balaban J connectivity index is 1.93. The van der Waals surface area contributed by atoms with Crippen molar-refractivity contribution >= 4 is 29.6 Å². The quantitative estimate of drug-likeness (QED) is 0.460. The summed E-state index contributed by atoms with van der Waals surface area (Å²) in [6, 6.07) is 0.0813. The average Bonchev–Trinajstić information content (AvgIpc) is 3.32. The van der Waals surface area contributed by atoms with Crippen LogP contribution in [0.1, 0.15) is 52.3 Å². The third-order valence-corrected chi connectivity index (χ3v) is 4.73. The van der Waals surface area contributed by atoms with Crippen LogP contribution in [0.25, 0.3) is 6.08 Å². The van der Waals surface area contributed by atoms with Gasteiger partial charge in [-0.3, -0.25) is 19.3 Å². The van der Waals surface area contributed by atoms with Crippen LogP contribution in [0.2, 0.25) is 0 Å². The molecule has 3 N–H and O–H groups in total. The highest BCUT2D eigenvalue weighted by Gasteiger charge is 2.46. The normalized spacial score (nSPS) is 21.8. The molecule has 9 heteroatoms. The van der Waals surface area contributed by atoms with Crippen LogP contribution in [0.3, 0.4) is 0 Å². The Hall–Kier alpha value is -2.68. The summed E-state index contributed by atoms with van der Waals surface area (Å²) < 4.78 is 1.29. The maximum Gasteiger partial charge on any atom is 0.245 e. The first-order valence-corrected chi connectivity index (χ1v) is 10.0. The molecule has 0 spiro atoms. The first kappa shape index (κ1) is 21.0. The smallest absolute Gasteiger partial charge is 0.245 e. The van der Waals surface area contributed by atoms with Crippen LogP contribution in [-0.4, -0.2) is 51.2 Å². The van der Waals surface area contributed by atoms with Crippen molar-refractivity contribution in [3.8, 4) is 0 Å². The maximum absolute atomic E-state index is 13.2. The Labute approximate surface area is 170 Å². The van der Waals surface area contributed by atoms with Gasteiger partial charge in [-0.15, -0.1) is 0 Å². The number of carbonyl (C=O) groups excluding carboxylic acids is 3. The molecule has 2 atom stereocenters. The van der Waals surface area contributed by atoms with Gasteiger partial charge in [0.05, 0.1) is 6.20 Å². The number of aromatic nitrogens is 2. The fraction of sp³-hybridized carbons (Fsp3) is 0.600. The van der Waals surface area contributed by atoms with Crippen molar-refractivity contribution in [1.29, 1.82) is 0 Å². The molecule has 2 heterocycles. The van der Waals surface area contributed by atoms with Gasteiger partial charge in [0, 0.05) is 30.3 Å². The van der Waals surface area contributed by atoms with E-state index in [-0.39, 0.29) is 23.9 Å². The van der Waals surface area contributed by atoms with Gasteiger partial charge in [0.15, 0.2) is 12.1 Å². The van der Waals surface area contributed by atoms with Crippen molar-refractivity contribution in [2.45, 2.75) is 58.8 Å². The first-order chi connectivity index (χ1) is 13.7. The minimum absolute atomic E-state index is 0.000181. The Kier molecular flexibility index (Phi) is 6.07. The summed E-state index contributed by atoms with van der Waals surface area (Å²) in [5, 5.41) is 20.5. The highest BCUT2D eigenvalue weighted by Crippen LogP contribution is 2.36. The molecule has 0 bridgehead atoms. The summed E-state index contributed by atoms with van der Waals surface area (Å²) in [4.78, 5) is 39.2. The summed E-state index contributed by atoms with van der Waals surface area (Å²) >= 11 is 0. The molecular weight excluding hydrogens is 374 g/mol. The van der Waals surface area contributed by atoms with Crippen molar-refractivity contribution in [1.82, 2.24) is 20.4 Å². The number of nitrogens with zero attached hydrogens (tertiary/aromatic N) is 3. The highest BCUT2D eigenvalue weighted by atomic mass is 16.3. The van der Waals surface area contributed by atoms with E-state index in [1.165, 1.54) is 21.9 Å². The Morgan fingerprint density at radius 3 is 2.59 bits per heavy atom. The molecule has 0 saturated heterocycles. The Morgan fingerprint density at radius 1 is 1.31 bits per heavy atom. The molecule has 1 fully saturated rings. The largest absolute Gasteiger partial charge is 0.370 e. The molecule has 1 saturated carbocycles. The van der Waals surface area contributed by atoms with Crippen molar-refractivity contribution in [2.24, 2.45) is 11.8 Å². The van der Waals surface area contributed by atoms with Gasteiger partial charge >= 0.3 is 0 Å². The van der Waals surface area contributed by atoms with Gasteiger partial charge in [-0.25, -0.2) is 4.68 Å². The van der Waals surface area contributed by atoms with Crippen molar-refractivity contribution in [3.63, 3.8) is 0 Å². The number of hydrogen-bond donors (Lipinski definition) is 3. The van der Waals surface area contributed by atoms with E-state index in [4.69, 9.17) is 0 Å². The maximum atomic E-state index is 13.2. The van der Waals surface area contributed by atoms with E-state index in [0.717, 1.165) is 12.8 Å². The fourth-order valence-electron chi connectivity index (χ4n) is 3.31. The molecule has 3 amide bonds. The summed E-state index contributed by atoms with van der Waals surface area (Å²) in [5.41, 5.74) is 0.526.